The molecule has 1 aromatic rings. The molecule has 110 valence electrons. The third-order valence-corrected chi connectivity index (χ3v) is 3.60. The van der Waals surface area contributed by atoms with E-state index in [4.69, 9.17) is 5.11 Å². The van der Waals surface area contributed by atoms with Gasteiger partial charge in [-0.25, -0.2) is 9.59 Å². The van der Waals surface area contributed by atoms with E-state index in [2.05, 4.69) is 26.6 Å². The molecule has 0 radical (unpaired) electrons. The zero-order valence-electron chi connectivity index (χ0n) is 11.5. The first-order valence-corrected chi connectivity index (χ1v) is 7.25. The van der Waals surface area contributed by atoms with Gasteiger partial charge in [0.25, 0.3) is 0 Å². The fourth-order valence-corrected chi connectivity index (χ4v) is 2.15. The number of benzene rings is 1. The van der Waals surface area contributed by atoms with Crippen molar-refractivity contribution in [3.8, 4) is 0 Å². The SMILES string of the molecule is CCC(C)C(NC(=O)NCc1cccc(Br)c1)C(=O)O. The minimum atomic E-state index is -1.02. The number of carbonyl (C=O) groups excluding carboxylic acids is 1. The van der Waals surface area contributed by atoms with Crippen molar-refractivity contribution in [1.29, 1.82) is 0 Å². The maximum Gasteiger partial charge on any atom is 0.326 e. The lowest BCUT2D eigenvalue weighted by Gasteiger charge is -2.20. The summed E-state index contributed by atoms with van der Waals surface area (Å²) in [5, 5.41) is 14.2. The molecule has 0 spiro atoms. The molecule has 1 rings (SSSR count). The van der Waals surface area contributed by atoms with E-state index < -0.39 is 18.0 Å². The Balaban J connectivity index is 2.52. The highest BCUT2D eigenvalue weighted by Gasteiger charge is 2.24. The first-order chi connectivity index (χ1) is 9.43. The fraction of sp³-hybridized carbons (Fsp3) is 0.429. The smallest absolute Gasteiger partial charge is 0.326 e. The van der Waals surface area contributed by atoms with Crippen LogP contribution in [0.15, 0.2) is 28.7 Å². The Kier molecular flexibility index (Phi) is 6.51. The van der Waals surface area contributed by atoms with Gasteiger partial charge in [0.05, 0.1) is 0 Å². The molecule has 0 fully saturated rings. The number of carbonyl (C=O) groups is 2. The van der Waals surface area contributed by atoms with Gasteiger partial charge in [-0.2, -0.15) is 0 Å². The summed E-state index contributed by atoms with van der Waals surface area (Å²) in [6.07, 6.45) is 0.683. The van der Waals surface area contributed by atoms with Crippen molar-refractivity contribution >= 4 is 27.9 Å². The standard InChI is InChI=1S/C14H19BrN2O3/c1-3-9(2)12(13(18)19)17-14(20)16-8-10-5-4-6-11(15)7-10/h4-7,9,12H,3,8H2,1-2H3,(H,18,19)(H2,16,17,20). The van der Waals surface area contributed by atoms with Gasteiger partial charge in [0.15, 0.2) is 0 Å². The van der Waals surface area contributed by atoms with Crippen LogP contribution in [0.4, 0.5) is 4.79 Å². The zero-order chi connectivity index (χ0) is 15.1. The fourth-order valence-electron chi connectivity index (χ4n) is 1.70. The van der Waals surface area contributed by atoms with Crippen LogP contribution in [0.1, 0.15) is 25.8 Å². The van der Waals surface area contributed by atoms with Crippen molar-refractivity contribution < 1.29 is 14.7 Å². The Morgan fingerprint density at radius 2 is 2.10 bits per heavy atom. The molecule has 0 heterocycles. The van der Waals surface area contributed by atoms with Crippen molar-refractivity contribution in [3.05, 3.63) is 34.3 Å². The van der Waals surface area contributed by atoms with E-state index in [9.17, 15) is 9.59 Å². The molecule has 20 heavy (non-hydrogen) atoms. The van der Waals surface area contributed by atoms with E-state index >= 15 is 0 Å². The van der Waals surface area contributed by atoms with Gasteiger partial charge in [0.2, 0.25) is 0 Å². The van der Waals surface area contributed by atoms with Gasteiger partial charge in [-0.05, 0) is 23.6 Å². The van der Waals surface area contributed by atoms with Gasteiger partial charge in [0.1, 0.15) is 6.04 Å². The van der Waals surface area contributed by atoms with Crippen LogP contribution >= 0.6 is 15.9 Å². The summed E-state index contributed by atoms with van der Waals surface area (Å²) in [6.45, 7) is 4.03. The second kappa shape index (κ2) is 7.89. The molecule has 2 atom stereocenters. The van der Waals surface area contributed by atoms with Gasteiger partial charge in [-0.15, -0.1) is 0 Å². The lowest BCUT2D eigenvalue weighted by molar-refractivity contribution is -0.140. The molecule has 3 N–H and O–H groups in total. The van der Waals surface area contributed by atoms with Crippen molar-refractivity contribution in [2.45, 2.75) is 32.9 Å². The Labute approximate surface area is 126 Å². The largest absolute Gasteiger partial charge is 0.480 e. The summed E-state index contributed by atoms with van der Waals surface area (Å²) in [5.74, 6) is -1.14. The summed E-state index contributed by atoms with van der Waals surface area (Å²) < 4.78 is 0.931. The van der Waals surface area contributed by atoms with Crippen molar-refractivity contribution in [2.24, 2.45) is 5.92 Å². The number of aliphatic carboxylic acids is 1. The number of carboxylic acids is 1. The molecule has 1 aromatic carbocycles. The predicted octanol–water partition coefficient (Wildman–Crippen LogP) is 2.75. The average Bonchev–Trinajstić information content (AvgIpc) is 2.41. The topological polar surface area (TPSA) is 78.4 Å². The number of nitrogens with one attached hydrogen (secondary N) is 2. The average molecular weight is 343 g/mol. The second-order valence-electron chi connectivity index (χ2n) is 4.66. The minimum Gasteiger partial charge on any atom is -0.480 e. The maximum atomic E-state index is 11.7. The van der Waals surface area contributed by atoms with E-state index in [1.807, 2.05) is 31.2 Å². The number of halogens is 1. The lowest BCUT2D eigenvalue weighted by atomic mass is 9.99. The molecular formula is C14H19BrN2O3. The van der Waals surface area contributed by atoms with Crippen molar-refractivity contribution in [1.82, 2.24) is 10.6 Å². The lowest BCUT2D eigenvalue weighted by Crippen LogP contribution is -2.48. The van der Waals surface area contributed by atoms with E-state index in [1.165, 1.54) is 0 Å². The molecule has 2 unspecified atom stereocenters. The van der Waals surface area contributed by atoms with Crippen LogP contribution in [0.3, 0.4) is 0 Å². The van der Waals surface area contributed by atoms with Gasteiger partial charge < -0.3 is 15.7 Å². The summed E-state index contributed by atoms with van der Waals surface area (Å²) in [5.41, 5.74) is 0.935. The molecule has 0 saturated heterocycles. The van der Waals surface area contributed by atoms with E-state index in [0.29, 0.717) is 13.0 Å². The highest BCUT2D eigenvalue weighted by molar-refractivity contribution is 9.10. The Morgan fingerprint density at radius 3 is 2.65 bits per heavy atom. The minimum absolute atomic E-state index is 0.121. The molecule has 0 aliphatic heterocycles. The number of urea groups is 1. The number of rotatable bonds is 6. The summed E-state index contributed by atoms with van der Waals surface area (Å²) in [7, 11) is 0. The van der Waals surface area contributed by atoms with Gasteiger partial charge in [0, 0.05) is 11.0 Å². The second-order valence-corrected chi connectivity index (χ2v) is 5.57. The quantitative estimate of drug-likeness (QED) is 0.743. The summed E-state index contributed by atoms with van der Waals surface area (Å²) in [6, 6.07) is 6.20. The monoisotopic (exact) mass is 342 g/mol. The maximum absolute atomic E-state index is 11.7. The zero-order valence-corrected chi connectivity index (χ0v) is 13.1. The van der Waals surface area contributed by atoms with Gasteiger partial charge in [-0.1, -0.05) is 48.3 Å². The molecule has 5 nitrogen and oxygen atoms in total. The van der Waals surface area contributed by atoms with Gasteiger partial charge in [-0.3, -0.25) is 0 Å². The molecule has 0 saturated carbocycles. The number of hydrogen-bond donors (Lipinski definition) is 3. The van der Waals surface area contributed by atoms with Crippen LogP contribution in [-0.2, 0) is 11.3 Å². The first kappa shape index (κ1) is 16.5. The first-order valence-electron chi connectivity index (χ1n) is 6.45. The van der Waals surface area contributed by atoms with Crippen LogP contribution in [-0.4, -0.2) is 23.1 Å². The molecule has 0 bridgehead atoms. The van der Waals surface area contributed by atoms with Crippen molar-refractivity contribution in [3.63, 3.8) is 0 Å². The van der Waals surface area contributed by atoms with Crippen LogP contribution in [0.5, 0.6) is 0 Å². The molecule has 0 aromatic heterocycles. The van der Waals surface area contributed by atoms with Crippen LogP contribution in [0.25, 0.3) is 0 Å². The third kappa shape index (κ3) is 5.21. The van der Waals surface area contributed by atoms with E-state index in [0.717, 1.165) is 10.0 Å². The normalized spacial score (nSPS) is 13.3. The van der Waals surface area contributed by atoms with Gasteiger partial charge >= 0.3 is 12.0 Å². The number of hydrogen-bond acceptors (Lipinski definition) is 2. The molecule has 2 amide bonds. The van der Waals surface area contributed by atoms with Crippen LogP contribution in [0.2, 0.25) is 0 Å². The summed E-state index contributed by atoms with van der Waals surface area (Å²) in [4.78, 5) is 22.8. The molecule has 0 aliphatic carbocycles. The Hall–Kier alpha value is -1.56. The van der Waals surface area contributed by atoms with Crippen molar-refractivity contribution in [2.75, 3.05) is 0 Å². The Morgan fingerprint density at radius 1 is 1.40 bits per heavy atom. The molecular weight excluding hydrogens is 324 g/mol. The molecule has 0 aliphatic rings. The summed E-state index contributed by atoms with van der Waals surface area (Å²) >= 11 is 3.35. The van der Waals surface area contributed by atoms with E-state index in [1.54, 1.807) is 6.92 Å². The van der Waals surface area contributed by atoms with Crippen LogP contribution < -0.4 is 10.6 Å². The molecule has 6 heteroatoms. The number of carboxylic acid groups (broad SMARTS) is 1. The number of amides is 2. The highest BCUT2D eigenvalue weighted by Crippen LogP contribution is 2.11. The Bertz CT molecular complexity index is 479. The van der Waals surface area contributed by atoms with Crippen LogP contribution in [0, 0.1) is 5.92 Å². The predicted molar refractivity (Wildman–Crippen MR) is 80.4 cm³/mol. The highest BCUT2D eigenvalue weighted by atomic mass is 79.9. The van der Waals surface area contributed by atoms with E-state index in [-0.39, 0.29) is 5.92 Å². The third-order valence-electron chi connectivity index (χ3n) is 3.11.